The molecular formula is C14H20ClN3O. The van der Waals surface area contributed by atoms with E-state index in [0.29, 0.717) is 22.8 Å². The van der Waals surface area contributed by atoms with E-state index < -0.39 is 0 Å². The van der Waals surface area contributed by atoms with E-state index in [0.717, 1.165) is 32.2 Å². The zero-order valence-corrected chi connectivity index (χ0v) is 11.9. The molecule has 0 bridgehead atoms. The minimum atomic E-state index is 0.0119. The molecule has 3 rings (SSSR count). The molecule has 1 aliphatic heterocycles. The van der Waals surface area contributed by atoms with E-state index in [-0.39, 0.29) is 11.9 Å². The van der Waals surface area contributed by atoms with E-state index >= 15 is 0 Å². The predicted octanol–water partition coefficient (Wildman–Crippen LogP) is 2.35. The number of hydrogen-bond donors (Lipinski definition) is 2. The average Bonchev–Trinajstić information content (AvgIpc) is 3.12. The van der Waals surface area contributed by atoms with Gasteiger partial charge in [-0.1, -0.05) is 11.6 Å². The van der Waals surface area contributed by atoms with Gasteiger partial charge < -0.3 is 15.2 Å². The fraction of sp³-hybridized carbons (Fsp3) is 0.643. The van der Waals surface area contributed by atoms with Crippen LogP contribution in [-0.2, 0) is 0 Å². The van der Waals surface area contributed by atoms with Gasteiger partial charge in [0.15, 0.2) is 0 Å². The van der Waals surface area contributed by atoms with Crippen LogP contribution in [0.3, 0.4) is 0 Å². The highest BCUT2D eigenvalue weighted by molar-refractivity contribution is 6.31. The molecule has 1 saturated carbocycles. The Morgan fingerprint density at radius 3 is 2.95 bits per heavy atom. The Hall–Kier alpha value is -1.00. The molecule has 1 saturated heterocycles. The lowest BCUT2D eigenvalue weighted by Crippen LogP contribution is -2.46. The van der Waals surface area contributed by atoms with Crippen LogP contribution in [0, 0.1) is 0 Å². The zero-order valence-electron chi connectivity index (χ0n) is 11.2. The standard InChI is InChI=1S/C14H20ClN3O/c1-9-6-11(4-5-16-9)17-14(19)13-7-10(15)8-18(13)12-2-3-12/h7-9,11-12,16H,2-6H2,1H3,(H,17,19). The lowest BCUT2D eigenvalue weighted by molar-refractivity contribution is 0.0916. The van der Waals surface area contributed by atoms with Crippen molar-refractivity contribution in [2.24, 2.45) is 0 Å². The van der Waals surface area contributed by atoms with Crippen molar-refractivity contribution in [3.05, 3.63) is 23.0 Å². The highest BCUT2D eigenvalue weighted by Gasteiger charge is 2.29. The molecule has 2 heterocycles. The third kappa shape index (κ3) is 2.95. The Labute approximate surface area is 118 Å². The van der Waals surface area contributed by atoms with Gasteiger partial charge in [-0.2, -0.15) is 0 Å². The van der Waals surface area contributed by atoms with Crippen molar-refractivity contribution in [2.75, 3.05) is 6.54 Å². The zero-order chi connectivity index (χ0) is 13.4. The van der Waals surface area contributed by atoms with Gasteiger partial charge in [0.1, 0.15) is 5.69 Å². The summed E-state index contributed by atoms with van der Waals surface area (Å²) in [6, 6.07) is 2.99. The molecule has 1 amide bonds. The highest BCUT2D eigenvalue weighted by atomic mass is 35.5. The molecule has 0 aromatic carbocycles. The highest BCUT2D eigenvalue weighted by Crippen LogP contribution is 2.37. The number of aromatic nitrogens is 1. The van der Waals surface area contributed by atoms with Crippen LogP contribution in [0.5, 0.6) is 0 Å². The third-order valence-corrected chi connectivity index (χ3v) is 4.15. The topological polar surface area (TPSA) is 46.1 Å². The quantitative estimate of drug-likeness (QED) is 0.893. The maximum absolute atomic E-state index is 12.4. The number of amides is 1. The summed E-state index contributed by atoms with van der Waals surface area (Å²) in [7, 11) is 0. The van der Waals surface area contributed by atoms with Crippen molar-refractivity contribution in [1.82, 2.24) is 15.2 Å². The number of nitrogens with one attached hydrogen (secondary N) is 2. The van der Waals surface area contributed by atoms with Crippen molar-refractivity contribution in [2.45, 2.75) is 50.7 Å². The van der Waals surface area contributed by atoms with Crippen LogP contribution in [0.25, 0.3) is 0 Å². The second kappa shape index (κ2) is 5.17. The van der Waals surface area contributed by atoms with Crippen molar-refractivity contribution >= 4 is 17.5 Å². The van der Waals surface area contributed by atoms with Gasteiger partial charge in [-0.25, -0.2) is 0 Å². The fourth-order valence-electron chi connectivity index (χ4n) is 2.80. The van der Waals surface area contributed by atoms with Gasteiger partial charge in [0.2, 0.25) is 0 Å². The molecule has 19 heavy (non-hydrogen) atoms. The molecule has 104 valence electrons. The molecule has 4 nitrogen and oxygen atoms in total. The second-order valence-corrected chi connectivity index (χ2v) is 6.17. The molecule has 1 aromatic heterocycles. The van der Waals surface area contributed by atoms with Crippen LogP contribution in [-0.4, -0.2) is 29.1 Å². The van der Waals surface area contributed by atoms with Gasteiger partial charge in [0, 0.05) is 24.3 Å². The molecule has 2 atom stereocenters. The fourth-order valence-corrected chi connectivity index (χ4v) is 3.01. The third-order valence-electron chi connectivity index (χ3n) is 3.95. The van der Waals surface area contributed by atoms with Gasteiger partial charge in [-0.15, -0.1) is 0 Å². The minimum absolute atomic E-state index is 0.0119. The number of nitrogens with zero attached hydrogens (tertiary/aromatic N) is 1. The SMILES string of the molecule is CC1CC(NC(=O)c2cc(Cl)cn2C2CC2)CCN1. The lowest BCUT2D eigenvalue weighted by atomic mass is 10.0. The number of carbonyl (C=O) groups excluding carboxylic acids is 1. The van der Waals surface area contributed by atoms with Gasteiger partial charge in [0.25, 0.3) is 5.91 Å². The van der Waals surface area contributed by atoms with Gasteiger partial charge in [-0.3, -0.25) is 4.79 Å². The number of rotatable bonds is 3. The molecule has 2 fully saturated rings. The molecule has 2 aliphatic rings. The second-order valence-electron chi connectivity index (χ2n) is 5.73. The summed E-state index contributed by atoms with van der Waals surface area (Å²) in [5.74, 6) is 0.0119. The van der Waals surface area contributed by atoms with E-state index in [1.54, 1.807) is 6.07 Å². The van der Waals surface area contributed by atoms with Crippen molar-refractivity contribution in [3.63, 3.8) is 0 Å². The summed E-state index contributed by atoms with van der Waals surface area (Å²) in [6.07, 6.45) is 6.15. The van der Waals surface area contributed by atoms with Gasteiger partial charge in [0.05, 0.1) is 5.02 Å². The number of carbonyl (C=O) groups is 1. The van der Waals surface area contributed by atoms with E-state index in [9.17, 15) is 4.79 Å². The van der Waals surface area contributed by atoms with Crippen molar-refractivity contribution < 1.29 is 4.79 Å². The first kappa shape index (κ1) is 13.0. The number of hydrogen-bond acceptors (Lipinski definition) is 2. The van der Waals surface area contributed by atoms with Crippen LogP contribution in [0.1, 0.15) is 49.1 Å². The number of piperidine rings is 1. The maximum atomic E-state index is 12.4. The van der Waals surface area contributed by atoms with E-state index in [1.165, 1.54) is 0 Å². The smallest absolute Gasteiger partial charge is 0.268 e. The van der Waals surface area contributed by atoms with Crippen LogP contribution < -0.4 is 10.6 Å². The largest absolute Gasteiger partial charge is 0.348 e. The Bertz CT molecular complexity index is 481. The van der Waals surface area contributed by atoms with Crippen LogP contribution in [0.4, 0.5) is 0 Å². The molecular weight excluding hydrogens is 262 g/mol. The van der Waals surface area contributed by atoms with Crippen LogP contribution in [0.2, 0.25) is 5.02 Å². The van der Waals surface area contributed by atoms with Gasteiger partial charge >= 0.3 is 0 Å². The molecule has 0 radical (unpaired) electrons. The van der Waals surface area contributed by atoms with Crippen LogP contribution in [0.15, 0.2) is 12.3 Å². The Morgan fingerprint density at radius 1 is 1.47 bits per heavy atom. The molecule has 1 aromatic rings. The average molecular weight is 282 g/mol. The molecule has 2 N–H and O–H groups in total. The molecule has 0 spiro atoms. The summed E-state index contributed by atoms with van der Waals surface area (Å²) in [5, 5.41) is 7.18. The summed E-state index contributed by atoms with van der Waals surface area (Å²) in [4.78, 5) is 12.4. The van der Waals surface area contributed by atoms with Crippen molar-refractivity contribution in [1.29, 1.82) is 0 Å². The Kier molecular flexibility index (Phi) is 3.54. The normalized spacial score (nSPS) is 27.3. The van der Waals surface area contributed by atoms with E-state index in [2.05, 4.69) is 17.6 Å². The first-order valence-corrected chi connectivity index (χ1v) is 7.43. The first-order valence-electron chi connectivity index (χ1n) is 7.05. The monoisotopic (exact) mass is 281 g/mol. The van der Waals surface area contributed by atoms with Crippen LogP contribution >= 0.6 is 11.6 Å². The summed E-state index contributed by atoms with van der Waals surface area (Å²) < 4.78 is 2.03. The summed E-state index contributed by atoms with van der Waals surface area (Å²) in [6.45, 7) is 3.12. The molecule has 2 unspecified atom stereocenters. The van der Waals surface area contributed by atoms with Crippen molar-refractivity contribution in [3.8, 4) is 0 Å². The maximum Gasteiger partial charge on any atom is 0.268 e. The van der Waals surface area contributed by atoms with E-state index in [4.69, 9.17) is 11.6 Å². The summed E-state index contributed by atoms with van der Waals surface area (Å²) in [5.41, 5.74) is 0.707. The Morgan fingerprint density at radius 2 is 2.26 bits per heavy atom. The first-order chi connectivity index (χ1) is 9.13. The van der Waals surface area contributed by atoms with Gasteiger partial charge in [-0.05, 0) is 45.2 Å². The summed E-state index contributed by atoms with van der Waals surface area (Å²) >= 11 is 6.04. The molecule has 5 heteroatoms. The Balaban J connectivity index is 1.69. The number of halogens is 1. The minimum Gasteiger partial charge on any atom is -0.348 e. The predicted molar refractivity (Wildman–Crippen MR) is 75.7 cm³/mol. The molecule has 1 aliphatic carbocycles. The lowest BCUT2D eigenvalue weighted by Gasteiger charge is -2.28. The van der Waals surface area contributed by atoms with E-state index in [1.807, 2.05) is 10.8 Å².